The van der Waals surface area contributed by atoms with Crippen molar-refractivity contribution in [3.8, 4) is 22.6 Å². The van der Waals surface area contributed by atoms with Gasteiger partial charge in [-0.15, -0.1) is 0 Å². The SMILES string of the molecule is CC(C)C(=O)Oc1ccc2c(c1)OC(=Cc1ccc(-c3ccccc3)cc1)C2=O. The first kappa shape index (κ1) is 18.7. The monoisotopic (exact) mass is 384 g/mol. The number of carbonyl (C=O) groups excluding carboxylic acids is 2. The van der Waals surface area contributed by atoms with Crippen LogP contribution in [-0.2, 0) is 4.79 Å². The fourth-order valence-corrected chi connectivity index (χ4v) is 3.02. The van der Waals surface area contributed by atoms with Gasteiger partial charge in [0, 0.05) is 6.07 Å². The number of rotatable bonds is 4. The molecule has 3 aromatic rings. The van der Waals surface area contributed by atoms with E-state index in [4.69, 9.17) is 9.47 Å². The summed E-state index contributed by atoms with van der Waals surface area (Å²) >= 11 is 0. The van der Waals surface area contributed by atoms with E-state index in [1.165, 1.54) is 0 Å². The van der Waals surface area contributed by atoms with Gasteiger partial charge in [0.25, 0.3) is 0 Å². The van der Waals surface area contributed by atoms with Crippen LogP contribution in [0, 0.1) is 5.92 Å². The molecule has 0 atom stereocenters. The summed E-state index contributed by atoms with van der Waals surface area (Å²) in [5.41, 5.74) is 3.57. The zero-order valence-corrected chi connectivity index (χ0v) is 16.2. The van der Waals surface area contributed by atoms with E-state index in [2.05, 4.69) is 12.1 Å². The topological polar surface area (TPSA) is 52.6 Å². The second-order valence-corrected chi connectivity index (χ2v) is 7.16. The van der Waals surface area contributed by atoms with Crippen molar-refractivity contribution in [1.29, 1.82) is 0 Å². The molecular formula is C25H20O4. The van der Waals surface area contributed by atoms with E-state index in [0.717, 1.165) is 16.7 Å². The summed E-state index contributed by atoms with van der Waals surface area (Å²) in [6, 6.07) is 22.8. The average molecular weight is 384 g/mol. The zero-order valence-electron chi connectivity index (χ0n) is 16.2. The smallest absolute Gasteiger partial charge is 0.313 e. The quantitative estimate of drug-likeness (QED) is 0.337. The number of benzene rings is 3. The summed E-state index contributed by atoms with van der Waals surface area (Å²) in [5.74, 6) is 0.261. The number of carbonyl (C=O) groups is 2. The van der Waals surface area contributed by atoms with Crippen molar-refractivity contribution in [3.05, 3.63) is 89.7 Å². The van der Waals surface area contributed by atoms with E-state index in [-0.39, 0.29) is 23.4 Å². The molecule has 0 amide bonds. The molecule has 3 aromatic carbocycles. The molecule has 4 heteroatoms. The van der Waals surface area contributed by atoms with Gasteiger partial charge >= 0.3 is 5.97 Å². The number of hydrogen-bond donors (Lipinski definition) is 0. The minimum atomic E-state index is -0.330. The Labute approximate surface area is 169 Å². The minimum absolute atomic E-state index is 0.186. The molecule has 0 bridgehead atoms. The molecule has 1 aliphatic rings. The van der Waals surface area contributed by atoms with E-state index in [1.54, 1.807) is 38.1 Å². The molecule has 4 rings (SSSR count). The molecule has 0 radical (unpaired) electrons. The predicted octanol–water partition coefficient (Wildman–Crippen LogP) is 5.53. The van der Waals surface area contributed by atoms with Crippen LogP contribution in [0.1, 0.15) is 29.8 Å². The van der Waals surface area contributed by atoms with E-state index in [1.807, 2.05) is 42.5 Å². The third kappa shape index (κ3) is 3.97. The molecule has 0 N–H and O–H groups in total. The van der Waals surface area contributed by atoms with Gasteiger partial charge in [0.2, 0.25) is 5.78 Å². The lowest BCUT2D eigenvalue weighted by Gasteiger charge is -2.07. The Morgan fingerprint density at radius 2 is 1.62 bits per heavy atom. The molecule has 1 aliphatic heterocycles. The van der Waals surface area contributed by atoms with Gasteiger partial charge in [-0.3, -0.25) is 9.59 Å². The molecule has 144 valence electrons. The summed E-state index contributed by atoms with van der Waals surface area (Å²) in [4.78, 5) is 24.4. The Hall–Kier alpha value is -3.66. The zero-order chi connectivity index (χ0) is 20.4. The summed E-state index contributed by atoms with van der Waals surface area (Å²) in [5, 5.41) is 0. The number of esters is 1. The van der Waals surface area contributed by atoms with Crippen LogP contribution in [0.15, 0.2) is 78.6 Å². The number of ketones is 1. The number of hydrogen-bond acceptors (Lipinski definition) is 4. The van der Waals surface area contributed by atoms with Crippen LogP contribution >= 0.6 is 0 Å². The summed E-state index contributed by atoms with van der Waals surface area (Å²) in [7, 11) is 0. The van der Waals surface area contributed by atoms with E-state index < -0.39 is 0 Å². The predicted molar refractivity (Wildman–Crippen MR) is 112 cm³/mol. The fraction of sp³-hybridized carbons (Fsp3) is 0.120. The maximum atomic E-state index is 12.6. The van der Waals surface area contributed by atoms with Crippen molar-refractivity contribution >= 4 is 17.8 Å². The van der Waals surface area contributed by atoms with Crippen LogP contribution in [-0.4, -0.2) is 11.8 Å². The van der Waals surface area contributed by atoms with Crippen molar-refractivity contribution in [3.63, 3.8) is 0 Å². The van der Waals surface area contributed by atoms with Gasteiger partial charge in [-0.1, -0.05) is 68.4 Å². The first-order chi connectivity index (χ1) is 14.0. The van der Waals surface area contributed by atoms with E-state index in [9.17, 15) is 9.59 Å². The van der Waals surface area contributed by atoms with Crippen LogP contribution in [0.3, 0.4) is 0 Å². The van der Waals surface area contributed by atoms with Gasteiger partial charge < -0.3 is 9.47 Å². The van der Waals surface area contributed by atoms with E-state index in [0.29, 0.717) is 17.1 Å². The molecular weight excluding hydrogens is 364 g/mol. The standard InChI is InChI=1S/C25H20O4/c1-16(2)25(27)28-20-12-13-21-22(15-20)29-23(24(21)26)14-17-8-10-19(11-9-17)18-6-4-3-5-7-18/h3-16H,1-2H3. The molecule has 0 unspecified atom stereocenters. The van der Waals surface area contributed by atoms with Crippen molar-refractivity contribution in [2.75, 3.05) is 0 Å². The van der Waals surface area contributed by atoms with Crippen LogP contribution < -0.4 is 9.47 Å². The van der Waals surface area contributed by atoms with Crippen LogP contribution in [0.4, 0.5) is 0 Å². The Balaban J connectivity index is 1.54. The molecule has 4 nitrogen and oxygen atoms in total. The third-order valence-corrected chi connectivity index (χ3v) is 4.65. The lowest BCUT2D eigenvalue weighted by molar-refractivity contribution is -0.137. The van der Waals surface area contributed by atoms with Gasteiger partial charge in [-0.2, -0.15) is 0 Å². The Bertz CT molecular complexity index is 1090. The maximum absolute atomic E-state index is 12.6. The van der Waals surface area contributed by atoms with Crippen LogP contribution in [0.2, 0.25) is 0 Å². The second kappa shape index (κ2) is 7.76. The van der Waals surface area contributed by atoms with Gasteiger partial charge in [0.15, 0.2) is 5.76 Å². The highest BCUT2D eigenvalue weighted by Crippen LogP contribution is 2.35. The largest absolute Gasteiger partial charge is 0.452 e. The Kier molecular flexibility index (Phi) is 5.00. The molecule has 0 saturated heterocycles. The third-order valence-electron chi connectivity index (χ3n) is 4.65. The fourth-order valence-electron chi connectivity index (χ4n) is 3.02. The summed E-state index contributed by atoms with van der Waals surface area (Å²) in [6.45, 7) is 3.53. The molecule has 0 aromatic heterocycles. The Morgan fingerprint density at radius 1 is 0.931 bits per heavy atom. The van der Waals surface area contributed by atoms with Gasteiger partial charge in [0.1, 0.15) is 11.5 Å². The van der Waals surface area contributed by atoms with Crippen molar-refractivity contribution in [2.45, 2.75) is 13.8 Å². The molecule has 0 saturated carbocycles. The first-order valence-electron chi connectivity index (χ1n) is 9.47. The van der Waals surface area contributed by atoms with Crippen LogP contribution in [0.5, 0.6) is 11.5 Å². The number of allylic oxidation sites excluding steroid dienone is 1. The van der Waals surface area contributed by atoms with Gasteiger partial charge in [0.05, 0.1) is 11.5 Å². The molecule has 29 heavy (non-hydrogen) atoms. The Morgan fingerprint density at radius 3 is 2.31 bits per heavy atom. The summed E-state index contributed by atoms with van der Waals surface area (Å²) < 4.78 is 11.0. The maximum Gasteiger partial charge on any atom is 0.313 e. The normalized spacial score (nSPS) is 14.0. The average Bonchev–Trinajstić information content (AvgIpc) is 3.04. The minimum Gasteiger partial charge on any atom is -0.452 e. The second-order valence-electron chi connectivity index (χ2n) is 7.16. The lowest BCUT2D eigenvalue weighted by atomic mass is 10.0. The molecule has 1 heterocycles. The van der Waals surface area contributed by atoms with Crippen LogP contribution in [0.25, 0.3) is 17.2 Å². The summed E-state index contributed by atoms with van der Waals surface area (Å²) in [6.07, 6.45) is 1.72. The highest BCUT2D eigenvalue weighted by molar-refractivity contribution is 6.14. The molecule has 0 spiro atoms. The van der Waals surface area contributed by atoms with E-state index >= 15 is 0 Å². The number of ether oxygens (including phenoxy) is 2. The highest BCUT2D eigenvalue weighted by atomic mass is 16.5. The number of Topliss-reactive ketones (excluding diaryl/α,β-unsaturated/α-hetero) is 1. The molecule has 0 aliphatic carbocycles. The van der Waals surface area contributed by atoms with Crippen molar-refractivity contribution < 1.29 is 19.1 Å². The lowest BCUT2D eigenvalue weighted by Crippen LogP contribution is -2.14. The van der Waals surface area contributed by atoms with Gasteiger partial charge in [-0.25, -0.2) is 0 Å². The first-order valence-corrected chi connectivity index (χ1v) is 9.47. The number of fused-ring (bicyclic) bond motifs is 1. The van der Waals surface area contributed by atoms with Crippen molar-refractivity contribution in [2.24, 2.45) is 5.92 Å². The van der Waals surface area contributed by atoms with Gasteiger partial charge in [-0.05, 0) is 34.9 Å². The highest BCUT2D eigenvalue weighted by Gasteiger charge is 2.28. The van der Waals surface area contributed by atoms with Crippen molar-refractivity contribution in [1.82, 2.24) is 0 Å². The molecule has 0 fully saturated rings.